The van der Waals surface area contributed by atoms with E-state index in [0.29, 0.717) is 30.3 Å². The molecule has 0 fully saturated rings. The van der Waals surface area contributed by atoms with Crippen LogP contribution in [0.4, 0.5) is 5.82 Å². The van der Waals surface area contributed by atoms with Crippen molar-refractivity contribution in [3.8, 4) is 0 Å². The van der Waals surface area contributed by atoms with Crippen LogP contribution in [0.2, 0.25) is 0 Å². The lowest BCUT2D eigenvalue weighted by Gasteiger charge is -2.07. The summed E-state index contributed by atoms with van der Waals surface area (Å²) in [5, 5.41) is 9.26. The fourth-order valence-electron chi connectivity index (χ4n) is 1.52. The Morgan fingerprint density at radius 1 is 1.56 bits per heavy atom. The minimum Gasteiger partial charge on any atom is -0.382 e. The lowest BCUT2D eigenvalue weighted by Crippen LogP contribution is -2.26. The quantitative estimate of drug-likeness (QED) is 0.635. The van der Waals surface area contributed by atoms with Crippen LogP contribution in [0.15, 0.2) is 0 Å². The van der Waals surface area contributed by atoms with Crippen LogP contribution < -0.4 is 11.1 Å². The highest BCUT2D eigenvalue weighted by molar-refractivity contribution is 5.99. The number of anilines is 1. The van der Waals surface area contributed by atoms with Crippen LogP contribution in [0.3, 0.4) is 0 Å². The van der Waals surface area contributed by atoms with Crippen LogP contribution >= 0.6 is 0 Å². The number of aromatic nitrogens is 2. The number of amides is 1. The molecule has 0 aliphatic rings. The number of hydrogen-bond acceptors (Lipinski definition) is 4. The predicted molar refractivity (Wildman–Crippen MR) is 70.3 cm³/mol. The maximum atomic E-state index is 11.8. The van der Waals surface area contributed by atoms with Gasteiger partial charge in [-0.2, -0.15) is 5.10 Å². The van der Waals surface area contributed by atoms with E-state index in [1.54, 1.807) is 6.92 Å². The maximum absolute atomic E-state index is 11.8. The summed E-state index contributed by atoms with van der Waals surface area (Å²) in [5.74, 6) is 0.580. The van der Waals surface area contributed by atoms with Gasteiger partial charge in [-0.25, -0.2) is 0 Å². The molecule has 1 aromatic heterocycles. The molecule has 0 atom stereocenters. The molecule has 0 unspecified atom stereocenters. The number of rotatable bonds is 7. The first-order valence-corrected chi connectivity index (χ1v) is 6.18. The minimum absolute atomic E-state index is 0.192. The molecule has 6 nitrogen and oxygen atoms in total. The number of nitrogen functional groups attached to an aromatic ring is 1. The SMILES string of the molecule is Cc1[nH]nc(N)c1C(=O)NCCCOCC(C)C. The second-order valence-corrected chi connectivity index (χ2v) is 4.69. The number of H-pyrrole nitrogens is 1. The van der Waals surface area contributed by atoms with E-state index in [2.05, 4.69) is 29.4 Å². The summed E-state index contributed by atoms with van der Waals surface area (Å²) < 4.78 is 5.42. The molecule has 0 saturated heterocycles. The molecule has 0 bridgehead atoms. The van der Waals surface area contributed by atoms with Gasteiger partial charge in [-0.1, -0.05) is 13.8 Å². The van der Waals surface area contributed by atoms with Crippen LogP contribution in [-0.4, -0.2) is 35.9 Å². The number of carbonyl (C=O) groups excluding carboxylic acids is 1. The molecule has 1 aromatic rings. The van der Waals surface area contributed by atoms with Gasteiger partial charge in [-0.15, -0.1) is 0 Å². The van der Waals surface area contributed by atoms with Crippen LogP contribution in [0.25, 0.3) is 0 Å². The van der Waals surface area contributed by atoms with Gasteiger partial charge in [-0.3, -0.25) is 9.89 Å². The van der Waals surface area contributed by atoms with Gasteiger partial charge in [0.05, 0.1) is 0 Å². The van der Waals surface area contributed by atoms with E-state index in [-0.39, 0.29) is 11.7 Å². The van der Waals surface area contributed by atoms with Crippen molar-refractivity contribution in [2.75, 3.05) is 25.5 Å². The van der Waals surface area contributed by atoms with Crippen molar-refractivity contribution < 1.29 is 9.53 Å². The van der Waals surface area contributed by atoms with E-state index in [1.165, 1.54) is 0 Å². The molecule has 0 spiro atoms. The Bertz CT molecular complexity index is 368. The number of hydrogen-bond donors (Lipinski definition) is 3. The minimum atomic E-state index is -0.192. The number of nitrogens with zero attached hydrogens (tertiary/aromatic N) is 1. The summed E-state index contributed by atoms with van der Waals surface area (Å²) in [6, 6.07) is 0. The Hall–Kier alpha value is -1.56. The van der Waals surface area contributed by atoms with E-state index in [0.717, 1.165) is 13.0 Å². The summed E-state index contributed by atoms with van der Waals surface area (Å²) in [6.45, 7) is 7.95. The van der Waals surface area contributed by atoms with Crippen molar-refractivity contribution in [2.24, 2.45) is 5.92 Å². The lowest BCUT2D eigenvalue weighted by molar-refractivity contribution is 0.0925. The molecule has 1 rings (SSSR count). The summed E-state index contributed by atoms with van der Waals surface area (Å²) >= 11 is 0. The number of aromatic amines is 1. The first kappa shape index (κ1) is 14.5. The molecule has 102 valence electrons. The van der Waals surface area contributed by atoms with E-state index >= 15 is 0 Å². The third kappa shape index (κ3) is 4.37. The van der Waals surface area contributed by atoms with E-state index in [4.69, 9.17) is 10.5 Å². The van der Waals surface area contributed by atoms with Gasteiger partial charge in [0.15, 0.2) is 5.82 Å². The fourth-order valence-corrected chi connectivity index (χ4v) is 1.52. The third-order valence-corrected chi connectivity index (χ3v) is 2.40. The monoisotopic (exact) mass is 254 g/mol. The normalized spacial score (nSPS) is 10.9. The van der Waals surface area contributed by atoms with Gasteiger partial charge in [0.25, 0.3) is 5.91 Å². The zero-order valence-corrected chi connectivity index (χ0v) is 11.2. The zero-order valence-electron chi connectivity index (χ0n) is 11.2. The van der Waals surface area contributed by atoms with E-state index in [9.17, 15) is 4.79 Å². The molecule has 0 radical (unpaired) electrons. The van der Waals surface area contributed by atoms with Crippen LogP contribution in [0.1, 0.15) is 36.3 Å². The summed E-state index contributed by atoms with van der Waals surface area (Å²) in [7, 11) is 0. The highest BCUT2D eigenvalue weighted by Gasteiger charge is 2.15. The van der Waals surface area contributed by atoms with Crippen molar-refractivity contribution in [2.45, 2.75) is 27.2 Å². The Kier molecular flexibility index (Phi) is 5.64. The number of aryl methyl sites for hydroxylation is 1. The second-order valence-electron chi connectivity index (χ2n) is 4.69. The maximum Gasteiger partial charge on any atom is 0.256 e. The van der Waals surface area contributed by atoms with Gasteiger partial charge in [0.1, 0.15) is 5.56 Å². The van der Waals surface area contributed by atoms with Crippen LogP contribution in [0.5, 0.6) is 0 Å². The van der Waals surface area contributed by atoms with Crippen molar-refractivity contribution in [3.63, 3.8) is 0 Å². The van der Waals surface area contributed by atoms with Gasteiger partial charge in [0.2, 0.25) is 0 Å². The summed E-state index contributed by atoms with van der Waals surface area (Å²) in [4.78, 5) is 11.8. The van der Waals surface area contributed by atoms with Crippen LogP contribution in [0, 0.1) is 12.8 Å². The van der Waals surface area contributed by atoms with Crippen LogP contribution in [-0.2, 0) is 4.74 Å². The predicted octanol–water partition coefficient (Wildman–Crippen LogP) is 1.09. The Labute approximate surface area is 107 Å². The smallest absolute Gasteiger partial charge is 0.256 e. The molecule has 4 N–H and O–H groups in total. The number of nitrogens with two attached hydrogens (primary N) is 1. The number of nitrogens with one attached hydrogen (secondary N) is 2. The lowest BCUT2D eigenvalue weighted by atomic mass is 10.2. The summed E-state index contributed by atoms with van der Waals surface area (Å²) in [5.41, 5.74) is 6.71. The first-order valence-electron chi connectivity index (χ1n) is 6.18. The molecule has 1 heterocycles. The highest BCUT2D eigenvalue weighted by atomic mass is 16.5. The van der Waals surface area contributed by atoms with Crippen molar-refractivity contribution in [1.82, 2.24) is 15.5 Å². The van der Waals surface area contributed by atoms with Crippen molar-refractivity contribution >= 4 is 11.7 Å². The first-order chi connectivity index (χ1) is 8.52. The molecule has 18 heavy (non-hydrogen) atoms. The molecule has 1 amide bonds. The molecular formula is C12H22N4O2. The Balaban J connectivity index is 2.22. The van der Waals surface area contributed by atoms with Gasteiger partial charge < -0.3 is 15.8 Å². The number of carbonyl (C=O) groups is 1. The van der Waals surface area contributed by atoms with Crippen molar-refractivity contribution in [3.05, 3.63) is 11.3 Å². The average Bonchev–Trinajstić information content (AvgIpc) is 2.63. The molecule has 0 aromatic carbocycles. The Morgan fingerprint density at radius 2 is 2.28 bits per heavy atom. The third-order valence-electron chi connectivity index (χ3n) is 2.40. The largest absolute Gasteiger partial charge is 0.382 e. The molecule has 0 saturated carbocycles. The molecule has 0 aliphatic heterocycles. The van der Waals surface area contributed by atoms with Gasteiger partial charge in [0, 0.05) is 25.5 Å². The average molecular weight is 254 g/mol. The molecular weight excluding hydrogens is 232 g/mol. The second kappa shape index (κ2) is 7.00. The molecule has 0 aliphatic carbocycles. The number of ether oxygens (including phenoxy) is 1. The standard InChI is InChI=1S/C12H22N4O2/c1-8(2)7-18-6-4-5-14-12(17)10-9(3)15-16-11(10)13/h8H,4-7H2,1-3H3,(H,14,17)(H3,13,15,16). The van der Waals surface area contributed by atoms with Gasteiger partial charge >= 0.3 is 0 Å². The highest BCUT2D eigenvalue weighted by Crippen LogP contribution is 2.11. The van der Waals surface area contributed by atoms with Gasteiger partial charge in [-0.05, 0) is 19.3 Å². The molecule has 6 heteroatoms. The van der Waals surface area contributed by atoms with E-state index < -0.39 is 0 Å². The Morgan fingerprint density at radius 3 is 2.83 bits per heavy atom. The zero-order chi connectivity index (χ0) is 13.5. The summed E-state index contributed by atoms with van der Waals surface area (Å²) in [6.07, 6.45) is 0.787. The fraction of sp³-hybridized carbons (Fsp3) is 0.667. The topological polar surface area (TPSA) is 93.0 Å². The van der Waals surface area contributed by atoms with Crippen molar-refractivity contribution in [1.29, 1.82) is 0 Å². The van der Waals surface area contributed by atoms with E-state index in [1.807, 2.05) is 0 Å².